The number of aromatic nitrogens is 2. The van der Waals surface area contributed by atoms with E-state index in [0.717, 1.165) is 18.2 Å². The van der Waals surface area contributed by atoms with Crippen LogP contribution in [0.4, 0.5) is 5.69 Å². The molecule has 1 saturated carbocycles. The van der Waals surface area contributed by atoms with Crippen molar-refractivity contribution in [3.63, 3.8) is 0 Å². The summed E-state index contributed by atoms with van der Waals surface area (Å²) in [4.78, 5) is 0. The highest BCUT2D eigenvalue weighted by atomic mass is 16.5. The van der Waals surface area contributed by atoms with Crippen molar-refractivity contribution in [2.45, 2.75) is 45.2 Å². The lowest BCUT2D eigenvalue weighted by atomic mass is 10.00. The number of hydrogen-bond donors (Lipinski definition) is 1. The van der Waals surface area contributed by atoms with Gasteiger partial charge in [0.25, 0.3) is 0 Å². The minimum absolute atomic E-state index is 0.553. The van der Waals surface area contributed by atoms with Crippen molar-refractivity contribution < 1.29 is 4.74 Å². The van der Waals surface area contributed by atoms with Gasteiger partial charge < -0.3 is 10.1 Å². The van der Waals surface area contributed by atoms with E-state index in [4.69, 9.17) is 4.74 Å². The van der Waals surface area contributed by atoms with Gasteiger partial charge in [-0.15, -0.1) is 0 Å². The van der Waals surface area contributed by atoms with Crippen LogP contribution in [0.1, 0.15) is 32.6 Å². The molecule has 96 valence electrons. The van der Waals surface area contributed by atoms with Crippen LogP contribution in [-0.4, -0.2) is 29.5 Å². The molecule has 17 heavy (non-hydrogen) atoms. The second kappa shape index (κ2) is 6.05. The van der Waals surface area contributed by atoms with E-state index in [1.165, 1.54) is 25.7 Å². The lowest BCUT2D eigenvalue weighted by Crippen LogP contribution is -2.23. The van der Waals surface area contributed by atoms with Gasteiger partial charge >= 0.3 is 0 Å². The van der Waals surface area contributed by atoms with Gasteiger partial charge in [-0.3, -0.25) is 4.68 Å². The summed E-state index contributed by atoms with van der Waals surface area (Å²) in [5, 5.41) is 7.86. The summed E-state index contributed by atoms with van der Waals surface area (Å²) in [6, 6.07) is 0.553. The highest BCUT2D eigenvalue weighted by Gasteiger charge is 2.21. The fourth-order valence-electron chi connectivity index (χ4n) is 2.58. The average Bonchev–Trinajstić information content (AvgIpc) is 2.97. The van der Waals surface area contributed by atoms with Crippen molar-refractivity contribution in [1.82, 2.24) is 9.78 Å². The zero-order chi connectivity index (χ0) is 12.1. The number of nitrogens with zero attached hydrogens (tertiary/aromatic N) is 2. The molecule has 0 aliphatic heterocycles. The predicted octanol–water partition coefficient (Wildman–Crippen LogP) is 2.52. The summed E-state index contributed by atoms with van der Waals surface area (Å²) in [5.41, 5.74) is 1.13. The number of rotatable bonds is 6. The first kappa shape index (κ1) is 12.4. The molecule has 1 aromatic heterocycles. The number of methoxy groups -OCH3 is 1. The third-order valence-corrected chi connectivity index (χ3v) is 3.66. The first-order valence-corrected chi connectivity index (χ1v) is 6.57. The molecule has 0 spiro atoms. The Morgan fingerprint density at radius 2 is 2.29 bits per heavy atom. The minimum atomic E-state index is 0.553. The van der Waals surface area contributed by atoms with Crippen LogP contribution in [0, 0.1) is 5.92 Å². The van der Waals surface area contributed by atoms with Crippen LogP contribution in [0.3, 0.4) is 0 Å². The molecule has 4 heteroatoms. The molecule has 0 bridgehead atoms. The molecular formula is C13H23N3O. The normalized spacial score (nSPS) is 18.5. The van der Waals surface area contributed by atoms with E-state index in [2.05, 4.69) is 23.5 Å². The Kier molecular flexibility index (Phi) is 4.42. The molecule has 0 aromatic carbocycles. The lowest BCUT2D eigenvalue weighted by Gasteiger charge is -2.20. The number of nitrogens with one attached hydrogen (secondary N) is 1. The van der Waals surface area contributed by atoms with Crippen LogP contribution in [0.25, 0.3) is 0 Å². The van der Waals surface area contributed by atoms with Crippen molar-refractivity contribution in [1.29, 1.82) is 0 Å². The van der Waals surface area contributed by atoms with Gasteiger partial charge in [-0.2, -0.15) is 5.10 Å². The number of hydrogen-bond acceptors (Lipinski definition) is 3. The van der Waals surface area contributed by atoms with Gasteiger partial charge in [0.2, 0.25) is 0 Å². The Bertz CT molecular complexity index is 331. The number of ether oxygens (including phenoxy) is 1. The van der Waals surface area contributed by atoms with Crippen LogP contribution in [0.5, 0.6) is 0 Å². The van der Waals surface area contributed by atoms with E-state index in [9.17, 15) is 0 Å². The molecule has 4 nitrogen and oxygen atoms in total. The third kappa shape index (κ3) is 3.46. The highest BCUT2D eigenvalue weighted by molar-refractivity contribution is 5.39. The van der Waals surface area contributed by atoms with Gasteiger partial charge in [0.15, 0.2) is 0 Å². The maximum atomic E-state index is 5.04. The van der Waals surface area contributed by atoms with Crippen molar-refractivity contribution in [3.05, 3.63) is 12.4 Å². The summed E-state index contributed by atoms with van der Waals surface area (Å²) >= 11 is 0. The molecular weight excluding hydrogens is 214 g/mol. The quantitative estimate of drug-likeness (QED) is 0.826. The van der Waals surface area contributed by atoms with E-state index in [0.29, 0.717) is 12.6 Å². The molecule has 1 aliphatic carbocycles. The monoisotopic (exact) mass is 237 g/mol. The Balaban J connectivity index is 1.83. The van der Waals surface area contributed by atoms with Crippen molar-refractivity contribution in [2.75, 3.05) is 19.0 Å². The maximum absolute atomic E-state index is 5.04. The van der Waals surface area contributed by atoms with Gasteiger partial charge in [-0.1, -0.05) is 12.8 Å². The third-order valence-electron chi connectivity index (χ3n) is 3.66. The molecule has 0 radical (unpaired) electrons. The molecule has 1 unspecified atom stereocenters. The van der Waals surface area contributed by atoms with Gasteiger partial charge in [-0.25, -0.2) is 0 Å². The standard InChI is InChI=1S/C13H23N3O/c1-11(12-5-3-4-6-12)15-13-9-14-16(10-13)7-8-17-2/h9-12,15H,3-8H2,1-2H3. The predicted molar refractivity (Wildman–Crippen MR) is 69.1 cm³/mol. The van der Waals surface area contributed by atoms with Crippen LogP contribution in [-0.2, 0) is 11.3 Å². The highest BCUT2D eigenvalue weighted by Crippen LogP contribution is 2.29. The molecule has 0 amide bonds. The molecule has 1 heterocycles. The van der Waals surface area contributed by atoms with E-state index in [-0.39, 0.29) is 0 Å². The molecule has 1 atom stereocenters. The second-order valence-electron chi connectivity index (χ2n) is 4.96. The largest absolute Gasteiger partial charge is 0.383 e. The molecule has 1 aromatic rings. The fourth-order valence-corrected chi connectivity index (χ4v) is 2.58. The second-order valence-corrected chi connectivity index (χ2v) is 4.96. The molecule has 1 aliphatic rings. The van der Waals surface area contributed by atoms with Gasteiger partial charge in [0.1, 0.15) is 0 Å². The minimum Gasteiger partial charge on any atom is -0.383 e. The Morgan fingerprint density at radius 1 is 1.53 bits per heavy atom. The van der Waals surface area contributed by atoms with Gasteiger partial charge in [0.05, 0.1) is 25.0 Å². The molecule has 2 rings (SSSR count). The van der Waals surface area contributed by atoms with Crippen LogP contribution < -0.4 is 5.32 Å². The smallest absolute Gasteiger partial charge is 0.0728 e. The zero-order valence-electron chi connectivity index (χ0n) is 10.9. The van der Waals surface area contributed by atoms with Crippen LogP contribution in [0.15, 0.2) is 12.4 Å². The van der Waals surface area contributed by atoms with Crippen molar-refractivity contribution >= 4 is 5.69 Å². The first-order valence-electron chi connectivity index (χ1n) is 6.57. The molecule has 1 N–H and O–H groups in total. The number of anilines is 1. The summed E-state index contributed by atoms with van der Waals surface area (Å²) < 4.78 is 6.96. The van der Waals surface area contributed by atoms with E-state index >= 15 is 0 Å². The average molecular weight is 237 g/mol. The van der Waals surface area contributed by atoms with E-state index in [1.807, 2.05) is 10.9 Å². The molecule has 0 saturated heterocycles. The Morgan fingerprint density at radius 3 is 3.00 bits per heavy atom. The first-order chi connectivity index (χ1) is 8.29. The zero-order valence-corrected chi connectivity index (χ0v) is 10.9. The lowest BCUT2D eigenvalue weighted by molar-refractivity contribution is 0.183. The SMILES string of the molecule is COCCn1cc(NC(C)C2CCCC2)cn1. The Hall–Kier alpha value is -1.03. The van der Waals surface area contributed by atoms with Crippen LogP contribution >= 0.6 is 0 Å². The van der Waals surface area contributed by atoms with Gasteiger partial charge in [-0.05, 0) is 25.7 Å². The summed E-state index contributed by atoms with van der Waals surface area (Å²) in [7, 11) is 1.71. The molecule has 1 fully saturated rings. The van der Waals surface area contributed by atoms with Crippen molar-refractivity contribution in [2.24, 2.45) is 5.92 Å². The summed E-state index contributed by atoms with van der Waals surface area (Å²) in [5.74, 6) is 0.831. The topological polar surface area (TPSA) is 39.1 Å². The summed E-state index contributed by atoms with van der Waals surface area (Å²) in [6.45, 7) is 3.80. The van der Waals surface area contributed by atoms with Gasteiger partial charge in [0, 0.05) is 19.3 Å². The Labute approximate surface area is 103 Å². The summed E-state index contributed by atoms with van der Waals surface area (Å²) in [6.07, 6.45) is 9.48. The van der Waals surface area contributed by atoms with Crippen molar-refractivity contribution in [3.8, 4) is 0 Å². The van der Waals surface area contributed by atoms with E-state index < -0.39 is 0 Å². The fraction of sp³-hybridized carbons (Fsp3) is 0.769. The van der Waals surface area contributed by atoms with E-state index in [1.54, 1.807) is 7.11 Å². The maximum Gasteiger partial charge on any atom is 0.0728 e. The van der Waals surface area contributed by atoms with Crippen LogP contribution in [0.2, 0.25) is 0 Å².